The fraction of sp³-hybridized carbons (Fsp3) is 0.429. The minimum atomic E-state index is 0.890. The van der Waals surface area contributed by atoms with Crippen LogP contribution in [0.2, 0.25) is 0 Å². The van der Waals surface area contributed by atoms with Crippen molar-refractivity contribution in [2.75, 3.05) is 21.3 Å². The molecule has 17 heavy (non-hydrogen) atoms. The van der Waals surface area contributed by atoms with Crippen LogP contribution in [0.4, 0.5) is 0 Å². The van der Waals surface area contributed by atoms with Crippen LogP contribution in [0.5, 0.6) is 5.75 Å². The van der Waals surface area contributed by atoms with Gasteiger partial charge in [-0.1, -0.05) is 19.9 Å². The van der Waals surface area contributed by atoms with Crippen LogP contribution in [-0.4, -0.2) is 26.4 Å². The van der Waals surface area contributed by atoms with Crippen molar-refractivity contribution in [2.45, 2.75) is 20.8 Å². The van der Waals surface area contributed by atoms with E-state index in [1.807, 2.05) is 51.4 Å². The molecule has 0 amide bonds. The number of aliphatic hydroxyl groups is 1. The highest BCUT2D eigenvalue weighted by molar-refractivity contribution is 5.55. The van der Waals surface area contributed by atoms with Gasteiger partial charge < -0.3 is 15.2 Å². The van der Waals surface area contributed by atoms with Gasteiger partial charge in [0.1, 0.15) is 5.75 Å². The van der Waals surface area contributed by atoms with Gasteiger partial charge in [0, 0.05) is 14.2 Å². The summed E-state index contributed by atoms with van der Waals surface area (Å²) in [6, 6.07) is 6.03. The van der Waals surface area contributed by atoms with Crippen molar-refractivity contribution < 1.29 is 9.84 Å². The molecule has 0 aliphatic rings. The summed E-state index contributed by atoms with van der Waals surface area (Å²) in [6.07, 6.45) is 3.93. The van der Waals surface area contributed by atoms with Gasteiger partial charge in [-0.05, 0) is 42.5 Å². The second-order valence-electron chi connectivity index (χ2n) is 2.84. The van der Waals surface area contributed by atoms with Crippen LogP contribution < -0.4 is 10.1 Å². The number of benzene rings is 1. The number of rotatable bonds is 3. The molecule has 1 aromatic rings. The van der Waals surface area contributed by atoms with Gasteiger partial charge in [0.2, 0.25) is 0 Å². The Labute approximate surface area is 105 Å². The molecule has 0 fully saturated rings. The van der Waals surface area contributed by atoms with E-state index in [1.54, 1.807) is 7.11 Å². The molecule has 98 valence electrons. The molecule has 0 aliphatic heterocycles. The Balaban J connectivity index is 0. The van der Waals surface area contributed by atoms with Crippen LogP contribution in [-0.2, 0) is 0 Å². The predicted molar refractivity (Wildman–Crippen MR) is 75.3 cm³/mol. The van der Waals surface area contributed by atoms with E-state index in [-0.39, 0.29) is 0 Å². The summed E-state index contributed by atoms with van der Waals surface area (Å²) < 4.78 is 5.14. The molecule has 0 bridgehead atoms. The second-order valence-corrected chi connectivity index (χ2v) is 2.84. The molecule has 3 heteroatoms. The lowest BCUT2D eigenvalue weighted by Crippen LogP contribution is -1.92. The number of hydrogen-bond donors (Lipinski definition) is 2. The van der Waals surface area contributed by atoms with Gasteiger partial charge in [0.15, 0.2) is 0 Å². The third-order valence-electron chi connectivity index (χ3n) is 1.92. The molecular formula is C14H25NO2. The zero-order valence-electron chi connectivity index (χ0n) is 11.7. The first-order valence-corrected chi connectivity index (χ1v) is 5.71. The van der Waals surface area contributed by atoms with E-state index in [0.717, 1.165) is 12.9 Å². The molecule has 0 radical (unpaired) electrons. The summed E-state index contributed by atoms with van der Waals surface area (Å²) in [5, 5.41) is 9.96. The largest absolute Gasteiger partial charge is 0.497 e. The summed E-state index contributed by atoms with van der Waals surface area (Å²) in [4.78, 5) is 0. The van der Waals surface area contributed by atoms with Crippen molar-refractivity contribution in [1.82, 2.24) is 5.32 Å². The summed E-state index contributed by atoms with van der Waals surface area (Å²) in [6.45, 7) is 6.08. The molecule has 1 aromatic carbocycles. The first-order valence-electron chi connectivity index (χ1n) is 5.71. The zero-order chi connectivity index (χ0) is 13.7. The lowest BCUT2D eigenvalue weighted by Gasteiger charge is -2.03. The van der Waals surface area contributed by atoms with E-state index in [0.29, 0.717) is 0 Å². The molecule has 0 spiro atoms. The Bertz CT molecular complexity index is 309. The van der Waals surface area contributed by atoms with Crippen LogP contribution in [0.1, 0.15) is 25.0 Å². The predicted octanol–water partition coefficient (Wildman–Crippen LogP) is 2.83. The smallest absolute Gasteiger partial charge is 0.119 e. The van der Waals surface area contributed by atoms with Crippen molar-refractivity contribution in [1.29, 1.82) is 0 Å². The average molecular weight is 239 g/mol. The van der Waals surface area contributed by atoms with Crippen LogP contribution in [0.3, 0.4) is 0 Å². The Morgan fingerprint density at radius 1 is 1.24 bits per heavy atom. The number of aliphatic hydroxyl groups excluding tert-OH is 1. The lowest BCUT2D eigenvalue weighted by molar-refractivity contribution is 0.399. The van der Waals surface area contributed by atoms with Gasteiger partial charge in [0.25, 0.3) is 0 Å². The van der Waals surface area contributed by atoms with Gasteiger partial charge in [-0.15, -0.1) is 0 Å². The summed E-state index contributed by atoms with van der Waals surface area (Å²) in [5.41, 5.74) is 2.42. The van der Waals surface area contributed by atoms with Crippen molar-refractivity contribution in [3.63, 3.8) is 0 Å². The van der Waals surface area contributed by atoms with Crippen molar-refractivity contribution >= 4 is 6.08 Å². The number of hydrogen-bond acceptors (Lipinski definition) is 3. The summed E-state index contributed by atoms with van der Waals surface area (Å²) in [5.74, 6) is 0.890. The molecule has 0 saturated heterocycles. The number of methoxy groups -OCH3 is 1. The molecule has 0 unspecified atom stereocenters. The standard InChI is InChI=1S/C11H15NO.C2H6.CH4O/c1-9-4-5-11(13-3)8-10(9)6-7-12-2;2*1-2/h4-8,12H,1-3H3;1-2H3;2H,1H3/b7-6-;;. The molecule has 0 saturated carbocycles. The highest BCUT2D eigenvalue weighted by atomic mass is 16.5. The molecular weight excluding hydrogens is 214 g/mol. The van der Waals surface area contributed by atoms with Gasteiger partial charge >= 0.3 is 0 Å². The van der Waals surface area contributed by atoms with Crippen molar-refractivity contribution in [3.05, 3.63) is 35.5 Å². The lowest BCUT2D eigenvalue weighted by atomic mass is 10.1. The van der Waals surface area contributed by atoms with Gasteiger partial charge in [-0.3, -0.25) is 0 Å². The second kappa shape index (κ2) is 12.6. The highest BCUT2D eigenvalue weighted by Gasteiger charge is 1.96. The molecule has 3 nitrogen and oxygen atoms in total. The van der Waals surface area contributed by atoms with Crippen LogP contribution in [0.15, 0.2) is 24.4 Å². The minimum Gasteiger partial charge on any atom is -0.497 e. The van der Waals surface area contributed by atoms with Gasteiger partial charge in [0.05, 0.1) is 7.11 Å². The van der Waals surface area contributed by atoms with E-state index in [2.05, 4.69) is 12.2 Å². The van der Waals surface area contributed by atoms with E-state index < -0.39 is 0 Å². The third-order valence-corrected chi connectivity index (χ3v) is 1.92. The van der Waals surface area contributed by atoms with Crippen LogP contribution in [0, 0.1) is 6.92 Å². The Morgan fingerprint density at radius 3 is 2.29 bits per heavy atom. The highest BCUT2D eigenvalue weighted by Crippen LogP contribution is 2.17. The van der Waals surface area contributed by atoms with E-state index in [4.69, 9.17) is 9.84 Å². The maximum atomic E-state index is 7.00. The number of ether oxygens (including phenoxy) is 1. The van der Waals surface area contributed by atoms with E-state index >= 15 is 0 Å². The molecule has 2 N–H and O–H groups in total. The van der Waals surface area contributed by atoms with E-state index in [1.165, 1.54) is 11.1 Å². The molecule has 1 rings (SSSR count). The Morgan fingerprint density at radius 2 is 1.82 bits per heavy atom. The molecule has 0 heterocycles. The molecule has 0 aliphatic carbocycles. The monoisotopic (exact) mass is 239 g/mol. The van der Waals surface area contributed by atoms with Gasteiger partial charge in [-0.2, -0.15) is 0 Å². The molecule has 0 aromatic heterocycles. The Hall–Kier alpha value is -1.48. The first-order chi connectivity index (χ1) is 8.27. The first kappa shape index (κ1) is 17.9. The Kier molecular flexibility index (Phi) is 13.3. The average Bonchev–Trinajstić information content (AvgIpc) is 2.42. The normalized spacial score (nSPS) is 8.65. The summed E-state index contributed by atoms with van der Waals surface area (Å²) in [7, 11) is 4.56. The quantitative estimate of drug-likeness (QED) is 0.852. The van der Waals surface area contributed by atoms with Crippen LogP contribution >= 0.6 is 0 Å². The maximum Gasteiger partial charge on any atom is 0.119 e. The van der Waals surface area contributed by atoms with E-state index in [9.17, 15) is 0 Å². The summed E-state index contributed by atoms with van der Waals surface area (Å²) >= 11 is 0. The van der Waals surface area contributed by atoms with Crippen molar-refractivity contribution in [3.8, 4) is 5.75 Å². The van der Waals surface area contributed by atoms with Crippen LogP contribution in [0.25, 0.3) is 6.08 Å². The number of nitrogens with one attached hydrogen (secondary N) is 1. The fourth-order valence-electron chi connectivity index (χ4n) is 1.10. The number of aryl methyl sites for hydroxylation is 1. The SMILES string of the molecule is CC.CN/C=C\c1cc(OC)ccc1C.CO. The van der Waals surface area contributed by atoms with Gasteiger partial charge in [-0.25, -0.2) is 0 Å². The zero-order valence-corrected chi connectivity index (χ0v) is 11.7. The topological polar surface area (TPSA) is 41.5 Å². The van der Waals surface area contributed by atoms with Crippen molar-refractivity contribution in [2.24, 2.45) is 0 Å². The maximum absolute atomic E-state index is 7.00. The minimum absolute atomic E-state index is 0.890. The third kappa shape index (κ3) is 7.41. The molecule has 0 atom stereocenters. The fourth-order valence-corrected chi connectivity index (χ4v) is 1.10.